The fourth-order valence-electron chi connectivity index (χ4n) is 0.0745. The van der Waals surface area contributed by atoms with Crippen molar-refractivity contribution < 1.29 is 5.11 Å². The minimum atomic E-state index is 0.0833. The van der Waals surface area contributed by atoms with Gasteiger partial charge in [-0.25, -0.2) is 0 Å². The van der Waals surface area contributed by atoms with E-state index in [1.165, 1.54) is 0 Å². The maximum atomic E-state index is 8.17. The minimum Gasteiger partial charge on any atom is -0.393 e. The smallest absolute Gasteiger partial charge is 0.0542 e. The summed E-state index contributed by atoms with van der Waals surface area (Å²) in [5.41, 5.74) is 0. The monoisotopic (exact) mass is 98.1 g/mol. The van der Waals surface area contributed by atoms with E-state index in [0.29, 0.717) is 0 Å². The first-order chi connectivity index (χ1) is 3.31. The van der Waals surface area contributed by atoms with Gasteiger partial charge in [0.2, 0.25) is 0 Å². The van der Waals surface area contributed by atoms with E-state index in [2.05, 4.69) is 12.3 Å². The van der Waals surface area contributed by atoms with Gasteiger partial charge in [0, 0.05) is 0 Å². The largest absolute Gasteiger partial charge is 0.393 e. The van der Waals surface area contributed by atoms with Crippen LogP contribution in [0.1, 0.15) is 19.8 Å². The highest BCUT2D eigenvalue weighted by Crippen LogP contribution is 2.16. The average Bonchev–Trinajstić information content (AvgIpc) is 2.25. The fraction of sp³-hybridized carbons (Fsp3) is 0.667. The molecule has 0 aromatic rings. The van der Waals surface area contributed by atoms with Crippen LogP contribution >= 0.6 is 0 Å². The molecular formula is C6H10O. The van der Waals surface area contributed by atoms with E-state index in [9.17, 15) is 0 Å². The fourth-order valence-corrected chi connectivity index (χ4v) is 0.0745. The number of aliphatic hydroxyl groups is 1. The van der Waals surface area contributed by atoms with Crippen molar-refractivity contribution in [2.75, 3.05) is 0 Å². The normalized spacial score (nSPS) is 16.1. The van der Waals surface area contributed by atoms with Crippen LogP contribution in [0.25, 0.3) is 0 Å². The lowest BCUT2D eigenvalue weighted by Crippen LogP contribution is -1.65. The number of rotatable bonds is 0. The highest BCUT2D eigenvalue weighted by Gasteiger charge is 2.15. The van der Waals surface area contributed by atoms with Crippen LogP contribution in [0.3, 0.4) is 0 Å². The molecule has 1 nitrogen and oxygen atoms in total. The van der Waals surface area contributed by atoms with Crippen molar-refractivity contribution in [1.29, 1.82) is 0 Å². The predicted octanol–water partition coefficient (Wildman–Crippen LogP) is 0.781. The summed E-state index contributed by atoms with van der Waals surface area (Å²) < 4.78 is 0. The van der Waals surface area contributed by atoms with E-state index < -0.39 is 0 Å². The van der Waals surface area contributed by atoms with Crippen LogP contribution in [0.15, 0.2) is 0 Å². The Morgan fingerprint density at radius 1 is 1.71 bits per heavy atom. The molecule has 0 bridgehead atoms. The Labute approximate surface area is 44.4 Å². The van der Waals surface area contributed by atoms with Crippen molar-refractivity contribution in [3.05, 3.63) is 0 Å². The van der Waals surface area contributed by atoms with Gasteiger partial charge in [0.1, 0.15) is 0 Å². The van der Waals surface area contributed by atoms with E-state index in [1.54, 1.807) is 6.92 Å². The third-order valence-corrected chi connectivity index (χ3v) is 0.547. The Bertz CT molecular complexity index is 66.7. The van der Waals surface area contributed by atoms with E-state index in [0.717, 1.165) is 12.8 Å². The van der Waals surface area contributed by atoms with Gasteiger partial charge in [-0.05, 0) is 19.8 Å². The number of terminal acetylenes is 1. The summed E-state index contributed by atoms with van der Waals surface area (Å²) in [6.07, 6.45) is 6.76. The van der Waals surface area contributed by atoms with Crippen LogP contribution in [0, 0.1) is 12.3 Å². The second-order valence-electron chi connectivity index (χ2n) is 1.52. The molecule has 1 heteroatoms. The van der Waals surface area contributed by atoms with E-state index in [1.807, 2.05) is 0 Å². The van der Waals surface area contributed by atoms with Gasteiger partial charge in [0.15, 0.2) is 0 Å². The van der Waals surface area contributed by atoms with Crippen LogP contribution < -0.4 is 0 Å². The summed E-state index contributed by atoms with van der Waals surface area (Å²) in [7, 11) is 0. The zero-order valence-corrected chi connectivity index (χ0v) is 4.52. The first kappa shape index (κ1) is 6.52. The summed E-state index contributed by atoms with van der Waals surface area (Å²) >= 11 is 0. The first-order valence-corrected chi connectivity index (χ1v) is 2.36. The molecule has 1 rings (SSSR count). The van der Waals surface area contributed by atoms with Gasteiger partial charge in [-0.3, -0.25) is 0 Å². The van der Waals surface area contributed by atoms with E-state index in [-0.39, 0.29) is 6.10 Å². The second-order valence-corrected chi connectivity index (χ2v) is 1.52. The summed E-state index contributed by atoms with van der Waals surface area (Å²) in [5, 5.41) is 8.17. The molecule has 0 amide bonds. The van der Waals surface area contributed by atoms with Crippen molar-refractivity contribution in [3.63, 3.8) is 0 Å². The topological polar surface area (TPSA) is 20.2 Å². The lowest BCUT2D eigenvalue weighted by atomic mass is 10.9. The lowest BCUT2D eigenvalue weighted by Gasteiger charge is -1.57. The molecule has 0 radical (unpaired) electrons. The zero-order chi connectivity index (χ0) is 5.70. The van der Waals surface area contributed by atoms with Crippen LogP contribution in [0.4, 0.5) is 0 Å². The Balaban J connectivity index is 0.000000110. The van der Waals surface area contributed by atoms with E-state index in [4.69, 9.17) is 5.11 Å². The van der Waals surface area contributed by atoms with Crippen molar-refractivity contribution in [1.82, 2.24) is 0 Å². The van der Waals surface area contributed by atoms with Crippen LogP contribution in [-0.4, -0.2) is 11.2 Å². The Kier molecular flexibility index (Phi) is 3.45. The minimum absolute atomic E-state index is 0.0833. The molecule has 0 aromatic carbocycles. The van der Waals surface area contributed by atoms with Crippen LogP contribution in [0.2, 0.25) is 0 Å². The van der Waals surface area contributed by atoms with Crippen molar-refractivity contribution in [2.45, 2.75) is 25.9 Å². The number of aliphatic hydroxyl groups excluding tert-OH is 1. The highest BCUT2D eigenvalue weighted by atomic mass is 16.3. The standard InChI is InChI=1S/C3H6O.C3H4/c4-3-1-2-3;1-3-2/h3-4H,1-2H2;1H,2H3. The lowest BCUT2D eigenvalue weighted by molar-refractivity contribution is 0.279. The molecule has 0 unspecified atom stereocenters. The Morgan fingerprint density at radius 2 is 1.86 bits per heavy atom. The van der Waals surface area contributed by atoms with E-state index >= 15 is 0 Å². The van der Waals surface area contributed by atoms with Gasteiger partial charge in [0.25, 0.3) is 0 Å². The molecule has 0 aromatic heterocycles. The van der Waals surface area contributed by atoms with Crippen molar-refractivity contribution >= 4 is 0 Å². The quantitative estimate of drug-likeness (QED) is 0.444. The van der Waals surface area contributed by atoms with Crippen molar-refractivity contribution in [3.8, 4) is 12.3 Å². The zero-order valence-electron chi connectivity index (χ0n) is 4.52. The molecule has 0 aliphatic heterocycles. The van der Waals surface area contributed by atoms with Gasteiger partial charge >= 0.3 is 0 Å². The molecule has 1 aliphatic rings. The van der Waals surface area contributed by atoms with Crippen LogP contribution in [-0.2, 0) is 0 Å². The molecule has 0 atom stereocenters. The molecular weight excluding hydrogens is 88.1 g/mol. The molecule has 1 N–H and O–H groups in total. The molecule has 1 saturated carbocycles. The molecule has 0 saturated heterocycles. The summed E-state index contributed by atoms with van der Waals surface area (Å²) in [6, 6.07) is 0. The molecule has 0 spiro atoms. The number of hydrogen-bond acceptors (Lipinski definition) is 1. The third-order valence-electron chi connectivity index (χ3n) is 0.547. The second kappa shape index (κ2) is 3.70. The summed E-state index contributed by atoms with van der Waals surface area (Å²) in [4.78, 5) is 0. The van der Waals surface area contributed by atoms with Gasteiger partial charge < -0.3 is 5.11 Å². The molecule has 1 aliphatic carbocycles. The first-order valence-electron chi connectivity index (χ1n) is 2.36. The van der Waals surface area contributed by atoms with Crippen molar-refractivity contribution in [2.24, 2.45) is 0 Å². The SMILES string of the molecule is C#CC.OC1CC1. The van der Waals surface area contributed by atoms with Gasteiger partial charge in [-0.1, -0.05) is 0 Å². The van der Waals surface area contributed by atoms with Gasteiger partial charge in [-0.2, -0.15) is 0 Å². The van der Waals surface area contributed by atoms with Crippen LogP contribution in [0.5, 0.6) is 0 Å². The maximum absolute atomic E-state index is 8.17. The summed E-state index contributed by atoms with van der Waals surface area (Å²) in [5.74, 6) is 2.25. The summed E-state index contributed by atoms with van der Waals surface area (Å²) in [6.45, 7) is 1.65. The Morgan fingerprint density at radius 3 is 1.86 bits per heavy atom. The average molecular weight is 98.1 g/mol. The van der Waals surface area contributed by atoms with Gasteiger partial charge in [0.05, 0.1) is 6.10 Å². The Hall–Kier alpha value is -0.480. The molecule has 40 valence electrons. The number of hydrogen-bond donors (Lipinski definition) is 1. The highest BCUT2D eigenvalue weighted by molar-refractivity contribution is 4.73. The maximum Gasteiger partial charge on any atom is 0.0542 e. The predicted molar refractivity (Wildman–Crippen MR) is 29.7 cm³/mol. The van der Waals surface area contributed by atoms with Gasteiger partial charge in [-0.15, -0.1) is 12.3 Å². The molecule has 0 heterocycles. The third kappa shape index (κ3) is 10.8. The molecule has 7 heavy (non-hydrogen) atoms. The molecule has 1 fully saturated rings.